The van der Waals surface area contributed by atoms with Crippen molar-refractivity contribution in [2.45, 2.75) is 78.6 Å². The molecule has 31 heavy (non-hydrogen) atoms. The highest BCUT2D eigenvalue weighted by Gasteiger charge is 2.60. The second-order valence-corrected chi connectivity index (χ2v) is 11.8. The van der Waals surface area contributed by atoms with Crippen LogP contribution in [0, 0.1) is 46.3 Å². The number of nitrogens with zero attached hydrogens (tertiary/aromatic N) is 1. The number of hydrazine groups is 1. The summed E-state index contributed by atoms with van der Waals surface area (Å²) in [6.45, 7) is 7.48. The normalized spacial score (nSPS) is 44.7. The molecule has 0 aromatic heterocycles. The van der Waals surface area contributed by atoms with E-state index in [0.717, 1.165) is 42.9 Å². The van der Waals surface area contributed by atoms with Crippen molar-refractivity contribution in [3.8, 4) is 0 Å². The summed E-state index contributed by atoms with van der Waals surface area (Å²) in [6.07, 6.45) is 12.7. The predicted octanol–water partition coefficient (Wildman–Crippen LogP) is 3.31. The van der Waals surface area contributed by atoms with Crippen LogP contribution < -0.4 is 17.3 Å². The highest BCUT2D eigenvalue weighted by Crippen LogP contribution is 2.67. The van der Waals surface area contributed by atoms with Crippen LogP contribution in [0.2, 0.25) is 0 Å². The van der Waals surface area contributed by atoms with E-state index in [1.807, 2.05) is 0 Å². The first-order valence-electron chi connectivity index (χ1n) is 12.4. The van der Waals surface area contributed by atoms with Gasteiger partial charge in [0.15, 0.2) is 5.78 Å². The topological polar surface area (TPSA) is 115 Å². The van der Waals surface area contributed by atoms with Gasteiger partial charge in [-0.3, -0.25) is 9.59 Å². The van der Waals surface area contributed by atoms with E-state index >= 15 is 0 Å². The average molecular weight is 431 g/mol. The van der Waals surface area contributed by atoms with Gasteiger partial charge in [0.05, 0.1) is 6.54 Å². The first kappa shape index (κ1) is 22.6. The maximum absolute atomic E-state index is 13.2. The Morgan fingerprint density at radius 3 is 2.35 bits per heavy atom. The van der Waals surface area contributed by atoms with Crippen molar-refractivity contribution in [3.05, 3.63) is 11.9 Å². The summed E-state index contributed by atoms with van der Waals surface area (Å²) < 4.78 is 0. The molecule has 174 valence electrons. The van der Waals surface area contributed by atoms with Crippen LogP contribution in [-0.2, 0) is 9.59 Å². The van der Waals surface area contributed by atoms with Gasteiger partial charge in [0.25, 0.3) is 5.91 Å². The lowest BCUT2D eigenvalue weighted by Crippen LogP contribution is -2.54. The van der Waals surface area contributed by atoms with E-state index in [9.17, 15) is 9.59 Å². The van der Waals surface area contributed by atoms with Gasteiger partial charge in [-0.15, -0.1) is 0 Å². The fraction of sp³-hybridized carbons (Fsp3) is 0.840. The number of carbonyl (C=O) groups excluding carboxylic acids is 2. The number of rotatable bonds is 5. The predicted molar refractivity (Wildman–Crippen MR) is 122 cm³/mol. The fourth-order valence-electron chi connectivity index (χ4n) is 8.58. The van der Waals surface area contributed by atoms with Gasteiger partial charge < -0.3 is 16.5 Å². The second kappa shape index (κ2) is 8.09. The molecular weight excluding hydrogens is 388 g/mol. The highest BCUT2D eigenvalue weighted by atomic mass is 16.1. The Kier molecular flexibility index (Phi) is 5.91. The van der Waals surface area contributed by atoms with E-state index in [1.54, 1.807) is 0 Å². The van der Waals surface area contributed by atoms with Crippen LogP contribution in [0.1, 0.15) is 78.6 Å². The van der Waals surface area contributed by atoms with Gasteiger partial charge in [0.1, 0.15) is 5.70 Å². The van der Waals surface area contributed by atoms with E-state index in [4.69, 9.17) is 17.3 Å². The molecule has 0 radical (unpaired) electrons. The van der Waals surface area contributed by atoms with E-state index in [2.05, 4.69) is 20.8 Å². The number of ketones is 1. The van der Waals surface area contributed by atoms with E-state index in [1.165, 1.54) is 49.7 Å². The summed E-state index contributed by atoms with van der Waals surface area (Å²) in [5, 5.41) is 1.22. The zero-order valence-electron chi connectivity index (χ0n) is 19.6. The lowest BCUT2D eigenvalue weighted by molar-refractivity contribution is -0.137. The van der Waals surface area contributed by atoms with E-state index in [0.29, 0.717) is 11.3 Å². The summed E-state index contributed by atoms with van der Waals surface area (Å²) in [4.78, 5) is 24.4. The van der Waals surface area contributed by atoms with Gasteiger partial charge in [-0.05, 0) is 91.8 Å². The Morgan fingerprint density at radius 1 is 0.968 bits per heavy atom. The molecule has 0 heterocycles. The van der Waals surface area contributed by atoms with Crippen LogP contribution in [0.25, 0.3) is 0 Å². The molecule has 0 spiro atoms. The minimum Gasteiger partial charge on any atom is -0.393 e. The molecule has 0 aromatic rings. The molecule has 0 saturated heterocycles. The van der Waals surface area contributed by atoms with Crippen molar-refractivity contribution in [2.75, 3.05) is 6.54 Å². The molecule has 6 N–H and O–H groups in total. The van der Waals surface area contributed by atoms with Crippen LogP contribution >= 0.6 is 0 Å². The molecule has 4 rings (SSSR count). The molecule has 4 aliphatic rings. The summed E-state index contributed by atoms with van der Waals surface area (Å²) in [7, 11) is 0. The highest BCUT2D eigenvalue weighted by molar-refractivity contribution is 5.91. The third-order valence-electron chi connectivity index (χ3n) is 10.2. The number of carbonyl (C=O) groups is 2. The quantitative estimate of drug-likeness (QED) is 0.351. The van der Waals surface area contributed by atoms with E-state index < -0.39 is 5.91 Å². The lowest BCUT2D eigenvalue weighted by atomic mass is 9.44. The van der Waals surface area contributed by atoms with Crippen molar-refractivity contribution >= 4 is 11.7 Å². The Bertz CT molecular complexity index is 767. The molecule has 4 fully saturated rings. The molecular formula is C25H42N4O2. The van der Waals surface area contributed by atoms with Crippen molar-refractivity contribution < 1.29 is 9.59 Å². The number of primary amides is 1. The summed E-state index contributed by atoms with van der Waals surface area (Å²) in [5.41, 5.74) is 11.2. The van der Waals surface area contributed by atoms with E-state index in [-0.39, 0.29) is 29.4 Å². The van der Waals surface area contributed by atoms with Gasteiger partial charge in [-0.25, -0.2) is 5.84 Å². The standard InChI is InChI=1S/C25H42N4O2/c1-15-8-10-24(2)16(12-15)4-5-17-18-6-7-20(25(18,3)11-9-19(17)24)22(30)14-29(28)13-21(26)23(27)31/h13,15-20H,4-12,14,26,28H2,1-3H3,(H2,27,31)/b21-13-. The first-order chi connectivity index (χ1) is 14.6. The molecule has 1 amide bonds. The summed E-state index contributed by atoms with van der Waals surface area (Å²) in [6, 6.07) is 0. The van der Waals surface area contributed by atoms with Crippen molar-refractivity contribution in [2.24, 2.45) is 63.6 Å². The molecule has 0 bridgehead atoms. The number of fused-ring (bicyclic) bond motifs is 5. The molecule has 4 aliphatic carbocycles. The van der Waals surface area contributed by atoms with Crippen molar-refractivity contribution in [1.82, 2.24) is 5.01 Å². The molecule has 4 saturated carbocycles. The SMILES string of the molecule is CC1CCC2(C)C(CCC3C2CCC2(C)C(C(=O)CN(N)/C=C(\N)C(N)=O)CCC32)C1. The van der Waals surface area contributed by atoms with Crippen LogP contribution in [0.3, 0.4) is 0 Å². The molecule has 8 atom stereocenters. The van der Waals surface area contributed by atoms with Gasteiger partial charge in [0.2, 0.25) is 0 Å². The van der Waals surface area contributed by atoms with Gasteiger partial charge in [-0.2, -0.15) is 0 Å². The number of nitrogens with two attached hydrogens (primary N) is 3. The minimum absolute atomic E-state index is 0.0459. The zero-order chi connectivity index (χ0) is 22.6. The average Bonchev–Trinajstić information content (AvgIpc) is 3.05. The Labute approximate surface area is 187 Å². The van der Waals surface area contributed by atoms with Gasteiger partial charge in [0, 0.05) is 12.1 Å². The third-order valence-corrected chi connectivity index (χ3v) is 10.2. The maximum atomic E-state index is 13.2. The smallest absolute Gasteiger partial charge is 0.266 e. The second-order valence-electron chi connectivity index (χ2n) is 11.8. The Morgan fingerprint density at radius 2 is 1.65 bits per heavy atom. The molecule has 0 aliphatic heterocycles. The summed E-state index contributed by atoms with van der Waals surface area (Å²) in [5.74, 6) is 9.47. The number of Topliss-reactive ketones (excluding diaryl/α,β-unsaturated/α-hetero) is 1. The van der Waals surface area contributed by atoms with Crippen molar-refractivity contribution in [3.63, 3.8) is 0 Å². The fourth-order valence-corrected chi connectivity index (χ4v) is 8.58. The summed E-state index contributed by atoms with van der Waals surface area (Å²) >= 11 is 0. The Hall–Kier alpha value is -1.56. The molecule has 6 nitrogen and oxygen atoms in total. The number of hydrogen-bond donors (Lipinski definition) is 3. The molecule has 8 unspecified atom stereocenters. The minimum atomic E-state index is -0.727. The monoisotopic (exact) mass is 430 g/mol. The van der Waals surface area contributed by atoms with Crippen LogP contribution in [0.15, 0.2) is 11.9 Å². The van der Waals surface area contributed by atoms with Crippen molar-refractivity contribution in [1.29, 1.82) is 0 Å². The van der Waals surface area contributed by atoms with Crippen LogP contribution in [-0.4, -0.2) is 23.2 Å². The van der Waals surface area contributed by atoms with Crippen LogP contribution in [0.4, 0.5) is 0 Å². The van der Waals surface area contributed by atoms with Gasteiger partial charge in [-0.1, -0.05) is 27.2 Å². The van der Waals surface area contributed by atoms with Gasteiger partial charge >= 0.3 is 0 Å². The molecule has 0 aromatic carbocycles. The number of amides is 1. The Balaban J connectivity index is 1.48. The lowest BCUT2D eigenvalue weighted by Gasteiger charge is -2.61. The maximum Gasteiger partial charge on any atom is 0.266 e. The van der Waals surface area contributed by atoms with Crippen LogP contribution in [0.5, 0.6) is 0 Å². The zero-order valence-corrected chi connectivity index (χ0v) is 19.6. The largest absolute Gasteiger partial charge is 0.393 e. The molecule has 6 heteroatoms. The first-order valence-corrected chi connectivity index (χ1v) is 12.4. The third kappa shape index (κ3) is 3.79. The number of hydrogen-bond acceptors (Lipinski definition) is 5.